The zero-order valence-corrected chi connectivity index (χ0v) is 14.0. The van der Waals surface area contributed by atoms with Gasteiger partial charge in [-0.05, 0) is 12.1 Å². The molecule has 1 saturated heterocycles. The lowest BCUT2D eigenvalue weighted by Gasteiger charge is -2.16. The number of aromatic nitrogens is 4. The van der Waals surface area contributed by atoms with Gasteiger partial charge in [-0.2, -0.15) is 0 Å². The number of nitrogens with zero attached hydrogens (tertiary/aromatic N) is 4. The van der Waals surface area contributed by atoms with E-state index in [-0.39, 0.29) is 28.4 Å². The van der Waals surface area contributed by atoms with Gasteiger partial charge in [0.15, 0.2) is 41.0 Å². The molecule has 0 bridgehead atoms. The average Bonchev–Trinajstić information content (AvgIpc) is 3.21. The zero-order chi connectivity index (χ0) is 20.2. The van der Waals surface area contributed by atoms with Crippen LogP contribution in [0.1, 0.15) is 6.23 Å². The van der Waals surface area contributed by atoms with Gasteiger partial charge in [0, 0.05) is 5.56 Å². The van der Waals surface area contributed by atoms with Gasteiger partial charge in [0.05, 0.1) is 12.9 Å². The fraction of sp³-hybridized carbons (Fsp3) is 0.312. The fourth-order valence-electron chi connectivity index (χ4n) is 3.05. The number of halogens is 3. The van der Waals surface area contributed by atoms with Gasteiger partial charge in [0.2, 0.25) is 0 Å². The van der Waals surface area contributed by atoms with Gasteiger partial charge in [-0.15, -0.1) is 0 Å². The van der Waals surface area contributed by atoms with Crippen LogP contribution in [-0.4, -0.2) is 59.8 Å². The molecule has 3 heterocycles. The van der Waals surface area contributed by atoms with Gasteiger partial charge in [0.25, 0.3) is 0 Å². The van der Waals surface area contributed by atoms with Crippen molar-refractivity contribution in [3.63, 3.8) is 0 Å². The molecule has 1 aromatic carbocycles. The molecule has 4 atom stereocenters. The predicted molar refractivity (Wildman–Crippen MR) is 88.1 cm³/mol. The molecule has 3 aromatic rings. The Kier molecular flexibility index (Phi) is 4.42. The summed E-state index contributed by atoms with van der Waals surface area (Å²) in [4.78, 5) is 12.1. The number of anilines is 1. The Bertz CT molecular complexity index is 1040. The van der Waals surface area contributed by atoms with Crippen molar-refractivity contribution in [1.82, 2.24) is 19.5 Å². The van der Waals surface area contributed by atoms with Crippen LogP contribution in [0.4, 0.5) is 19.0 Å². The highest BCUT2D eigenvalue weighted by Gasteiger charge is 2.44. The van der Waals surface area contributed by atoms with E-state index in [2.05, 4.69) is 15.0 Å². The van der Waals surface area contributed by atoms with E-state index < -0.39 is 48.6 Å². The highest BCUT2D eigenvalue weighted by atomic mass is 19.2. The summed E-state index contributed by atoms with van der Waals surface area (Å²) in [5.74, 6) is -4.82. The molecule has 0 spiro atoms. The van der Waals surface area contributed by atoms with E-state index in [0.717, 1.165) is 0 Å². The van der Waals surface area contributed by atoms with Gasteiger partial charge >= 0.3 is 0 Å². The van der Waals surface area contributed by atoms with Crippen LogP contribution in [-0.2, 0) is 4.74 Å². The number of nitrogen functional groups attached to an aromatic ring is 1. The third-order valence-corrected chi connectivity index (χ3v) is 4.48. The lowest BCUT2D eigenvalue weighted by Crippen LogP contribution is -2.33. The summed E-state index contributed by atoms with van der Waals surface area (Å²) in [6.45, 7) is -0.530. The molecule has 1 aliphatic rings. The molecule has 0 aliphatic carbocycles. The van der Waals surface area contributed by atoms with Crippen molar-refractivity contribution >= 4 is 17.0 Å². The Labute approximate surface area is 154 Å². The molecular formula is C16H14F3N5O4. The standard InChI is InChI=1S/C16H14F3N5O4/c17-6-1-5(2-7(18)9(6)19)14-22-13(20)10-15(23-14)24(4-21-10)16-12(27)11(26)8(3-25)28-16/h1-2,4,8,11-12,16,25-27H,3H2,(H2,20,22,23)/t8?,11?,12-,16-/m1/s1. The number of nitrogens with two attached hydrogens (primary N) is 1. The molecule has 9 nitrogen and oxygen atoms in total. The number of aliphatic hydroxyl groups is 3. The van der Waals surface area contributed by atoms with Gasteiger partial charge in [-0.1, -0.05) is 0 Å². The van der Waals surface area contributed by atoms with E-state index in [1.807, 2.05) is 0 Å². The minimum Gasteiger partial charge on any atom is -0.394 e. The molecule has 12 heteroatoms. The first-order valence-electron chi connectivity index (χ1n) is 8.09. The summed E-state index contributed by atoms with van der Waals surface area (Å²) in [5, 5.41) is 29.4. The van der Waals surface area contributed by atoms with E-state index in [1.165, 1.54) is 10.9 Å². The minimum absolute atomic E-state index is 0.0440. The van der Waals surface area contributed by atoms with E-state index in [4.69, 9.17) is 10.5 Å². The van der Waals surface area contributed by atoms with Crippen molar-refractivity contribution < 1.29 is 33.2 Å². The summed E-state index contributed by atoms with van der Waals surface area (Å²) < 4.78 is 47.0. The Morgan fingerprint density at radius 3 is 2.39 bits per heavy atom. The van der Waals surface area contributed by atoms with Crippen molar-refractivity contribution in [2.75, 3.05) is 12.3 Å². The Hall–Kier alpha value is -2.80. The quantitative estimate of drug-likeness (QED) is 0.457. The van der Waals surface area contributed by atoms with E-state index in [1.54, 1.807) is 0 Å². The first-order chi connectivity index (χ1) is 13.3. The van der Waals surface area contributed by atoms with Crippen LogP contribution in [0.15, 0.2) is 18.5 Å². The van der Waals surface area contributed by atoms with Crippen molar-refractivity contribution in [3.05, 3.63) is 35.9 Å². The zero-order valence-electron chi connectivity index (χ0n) is 14.0. The summed E-state index contributed by atoms with van der Waals surface area (Å²) in [7, 11) is 0. The summed E-state index contributed by atoms with van der Waals surface area (Å²) in [6, 6.07) is 1.43. The number of hydrogen-bond donors (Lipinski definition) is 4. The monoisotopic (exact) mass is 397 g/mol. The smallest absolute Gasteiger partial charge is 0.194 e. The van der Waals surface area contributed by atoms with Crippen molar-refractivity contribution in [2.45, 2.75) is 24.5 Å². The number of aliphatic hydroxyl groups excluding tert-OH is 3. The average molecular weight is 397 g/mol. The molecule has 1 fully saturated rings. The number of imidazole rings is 1. The number of fused-ring (bicyclic) bond motifs is 1. The highest BCUT2D eigenvalue weighted by Crippen LogP contribution is 2.33. The fourth-order valence-corrected chi connectivity index (χ4v) is 3.05. The first-order valence-corrected chi connectivity index (χ1v) is 8.09. The van der Waals surface area contributed by atoms with Gasteiger partial charge in [0.1, 0.15) is 23.8 Å². The van der Waals surface area contributed by atoms with E-state index in [9.17, 15) is 28.5 Å². The van der Waals surface area contributed by atoms with Crippen LogP contribution >= 0.6 is 0 Å². The first kappa shape index (κ1) is 18.6. The predicted octanol–water partition coefficient (Wildman–Crippen LogP) is 0.104. The second kappa shape index (κ2) is 6.67. The van der Waals surface area contributed by atoms with Crippen molar-refractivity contribution in [3.8, 4) is 11.4 Å². The Morgan fingerprint density at radius 2 is 1.79 bits per heavy atom. The molecular weight excluding hydrogens is 383 g/mol. The summed E-state index contributed by atoms with van der Waals surface area (Å²) in [5.41, 5.74) is 5.84. The maximum absolute atomic E-state index is 13.6. The maximum Gasteiger partial charge on any atom is 0.194 e. The molecule has 0 amide bonds. The molecule has 4 rings (SSSR count). The van der Waals surface area contributed by atoms with Crippen LogP contribution < -0.4 is 5.73 Å². The lowest BCUT2D eigenvalue weighted by molar-refractivity contribution is -0.0511. The lowest BCUT2D eigenvalue weighted by atomic mass is 10.1. The molecule has 28 heavy (non-hydrogen) atoms. The third kappa shape index (κ3) is 2.77. The molecule has 148 valence electrons. The van der Waals surface area contributed by atoms with Crippen LogP contribution in [0, 0.1) is 17.5 Å². The SMILES string of the molecule is Nc1nc(-c2cc(F)c(F)c(F)c2)nc2c1ncn2[C@@H]1OC(CO)C(O)[C@H]1O. The number of rotatable bonds is 3. The second-order valence-corrected chi connectivity index (χ2v) is 6.24. The molecule has 1 aliphatic heterocycles. The minimum atomic E-state index is -1.63. The number of ether oxygens (including phenoxy) is 1. The van der Waals surface area contributed by atoms with Crippen molar-refractivity contribution in [1.29, 1.82) is 0 Å². The third-order valence-electron chi connectivity index (χ3n) is 4.48. The van der Waals surface area contributed by atoms with Crippen LogP contribution in [0.2, 0.25) is 0 Å². The molecule has 0 radical (unpaired) electrons. The van der Waals surface area contributed by atoms with E-state index >= 15 is 0 Å². The summed E-state index contributed by atoms with van der Waals surface area (Å²) >= 11 is 0. The number of hydrogen-bond acceptors (Lipinski definition) is 8. The van der Waals surface area contributed by atoms with E-state index in [0.29, 0.717) is 12.1 Å². The van der Waals surface area contributed by atoms with Crippen LogP contribution in [0.25, 0.3) is 22.6 Å². The molecule has 5 N–H and O–H groups in total. The topological polar surface area (TPSA) is 140 Å². The van der Waals surface area contributed by atoms with Gasteiger partial charge in [-0.3, -0.25) is 4.57 Å². The Balaban J connectivity index is 1.84. The Morgan fingerprint density at radius 1 is 1.11 bits per heavy atom. The largest absolute Gasteiger partial charge is 0.394 e. The van der Waals surface area contributed by atoms with Crippen molar-refractivity contribution in [2.24, 2.45) is 0 Å². The molecule has 0 saturated carbocycles. The maximum atomic E-state index is 13.6. The molecule has 2 unspecified atom stereocenters. The normalized spacial score (nSPS) is 24.9. The van der Waals surface area contributed by atoms with Gasteiger partial charge in [-0.25, -0.2) is 28.1 Å². The second-order valence-electron chi connectivity index (χ2n) is 6.24. The number of benzene rings is 1. The van der Waals surface area contributed by atoms with Crippen LogP contribution in [0.5, 0.6) is 0 Å². The van der Waals surface area contributed by atoms with Gasteiger partial charge < -0.3 is 25.8 Å². The highest BCUT2D eigenvalue weighted by molar-refractivity contribution is 5.83. The molecule has 2 aromatic heterocycles. The van der Waals surface area contributed by atoms with Crippen LogP contribution in [0.3, 0.4) is 0 Å². The summed E-state index contributed by atoms with van der Waals surface area (Å²) in [6.07, 6.45) is -3.72.